The second kappa shape index (κ2) is 5.46. The van der Waals surface area contributed by atoms with Crippen molar-refractivity contribution in [3.63, 3.8) is 0 Å². The predicted octanol–water partition coefficient (Wildman–Crippen LogP) is 3.43. The number of rotatable bonds is 1. The summed E-state index contributed by atoms with van der Waals surface area (Å²) in [6.07, 6.45) is 5.89. The predicted molar refractivity (Wildman–Crippen MR) is 90.8 cm³/mol. The Hall–Kier alpha value is -1.20. The first kappa shape index (κ1) is 14.4. The van der Waals surface area contributed by atoms with Crippen LogP contribution in [0, 0.1) is 5.92 Å². The average Bonchev–Trinajstić information content (AvgIpc) is 2.83. The van der Waals surface area contributed by atoms with Gasteiger partial charge in [-0.05, 0) is 44.6 Å². The van der Waals surface area contributed by atoms with Crippen LogP contribution < -0.4 is 4.90 Å². The van der Waals surface area contributed by atoms with Crippen LogP contribution in [0.15, 0.2) is 6.33 Å². The highest BCUT2D eigenvalue weighted by atomic mass is 32.1. The van der Waals surface area contributed by atoms with E-state index in [1.54, 1.807) is 6.33 Å². The lowest BCUT2D eigenvalue weighted by Gasteiger charge is -2.36. The van der Waals surface area contributed by atoms with Crippen molar-refractivity contribution < 1.29 is 4.74 Å². The lowest BCUT2D eigenvalue weighted by molar-refractivity contribution is -0.00537. The maximum absolute atomic E-state index is 5.88. The Morgan fingerprint density at radius 1 is 1.18 bits per heavy atom. The third kappa shape index (κ3) is 2.40. The molecule has 0 bridgehead atoms. The molecule has 0 spiro atoms. The SMILES string of the molecule is C[C@@H]1CCc2c(sc3ncnc(N4C[C@@H](C)O[C@@H](C)C4)c23)C1. The highest BCUT2D eigenvalue weighted by Crippen LogP contribution is 2.40. The van der Waals surface area contributed by atoms with Crippen LogP contribution in [0.3, 0.4) is 0 Å². The summed E-state index contributed by atoms with van der Waals surface area (Å²) in [5.74, 6) is 1.92. The molecule has 1 saturated heterocycles. The standard InChI is InChI=1S/C17H23N3OS/c1-10-4-5-13-14(6-10)22-17-15(13)16(18-9-19-17)20-7-11(2)21-12(3)8-20/h9-12H,4-8H2,1-3H3/t10-,11-,12+/m1/s1. The molecule has 0 unspecified atom stereocenters. The van der Waals surface area contributed by atoms with Gasteiger partial charge in [0.25, 0.3) is 0 Å². The summed E-state index contributed by atoms with van der Waals surface area (Å²) < 4.78 is 5.88. The van der Waals surface area contributed by atoms with Gasteiger partial charge in [-0.15, -0.1) is 11.3 Å². The van der Waals surface area contributed by atoms with Crippen molar-refractivity contribution in [3.05, 3.63) is 16.8 Å². The van der Waals surface area contributed by atoms with Crippen LogP contribution in [-0.2, 0) is 17.6 Å². The van der Waals surface area contributed by atoms with E-state index in [4.69, 9.17) is 4.74 Å². The molecule has 0 N–H and O–H groups in total. The number of nitrogens with zero attached hydrogens (tertiary/aromatic N) is 3. The largest absolute Gasteiger partial charge is 0.372 e. The topological polar surface area (TPSA) is 38.2 Å². The molecule has 3 atom stereocenters. The second-order valence-electron chi connectivity index (χ2n) is 6.89. The van der Waals surface area contributed by atoms with Gasteiger partial charge in [0.2, 0.25) is 0 Å². The van der Waals surface area contributed by atoms with E-state index in [0.717, 1.165) is 29.7 Å². The summed E-state index contributed by atoms with van der Waals surface area (Å²) in [7, 11) is 0. The Labute approximate surface area is 135 Å². The average molecular weight is 317 g/mol. The van der Waals surface area contributed by atoms with Gasteiger partial charge in [-0.3, -0.25) is 0 Å². The molecule has 1 fully saturated rings. The summed E-state index contributed by atoms with van der Waals surface area (Å²) in [5.41, 5.74) is 1.51. The molecule has 2 aromatic rings. The zero-order valence-electron chi connectivity index (χ0n) is 13.5. The van der Waals surface area contributed by atoms with Gasteiger partial charge in [-0.1, -0.05) is 6.92 Å². The molecule has 0 amide bonds. The van der Waals surface area contributed by atoms with Crippen LogP contribution in [0.4, 0.5) is 5.82 Å². The van der Waals surface area contributed by atoms with Gasteiger partial charge in [0, 0.05) is 18.0 Å². The van der Waals surface area contributed by atoms with E-state index in [1.807, 2.05) is 11.3 Å². The number of morpholine rings is 1. The van der Waals surface area contributed by atoms with E-state index in [-0.39, 0.29) is 12.2 Å². The van der Waals surface area contributed by atoms with Crippen molar-refractivity contribution in [1.29, 1.82) is 0 Å². The smallest absolute Gasteiger partial charge is 0.141 e. The number of fused-ring (bicyclic) bond motifs is 3. The molecule has 1 aliphatic heterocycles. The van der Waals surface area contributed by atoms with E-state index in [1.165, 1.54) is 35.1 Å². The fourth-order valence-electron chi connectivity index (χ4n) is 3.85. The highest BCUT2D eigenvalue weighted by Gasteiger charge is 2.28. The normalized spacial score (nSPS) is 28.9. The molecule has 3 heterocycles. The number of hydrogen-bond acceptors (Lipinski definition) is 5. The molecule has 5 heteroatoms. The van der Waals surface area contributed by atoms with Gasteiger partial charge >= 0.3 is 0 Å². The van der Waals surface area contributed by atoms with Gasteiger partial charge in [0.05, 0.1) is 17.6 Å². The summed E-state index contributed by atoms with van der Waals surface area (Å²) in [5, 5.41) is 1.32. The minimum absolute atomic E-state index is 0.253. The molecule has 118 valence electrons. The summed E-state index contributed by atoms with van der Waals surface area (Å²) >= 11 is 1.87. The van der Waals surface area contributed by atoms with Crippen LogP contribution in [0.1, 0.15) is 37.6 Å². The second-order valence-corrected chi connectivity index (χ2v) is 7.98. The van der Waals surface area contributed by atoms with Crippen LogP contribution in [0.5, 0.6) is 0 Å². The highest BCUT2D eigenvalue weighted by molar-refractivity contribution is 7.19. The number of hydrogen-bond donors (Lipinski definition) is 0. The number of aromatic nitrogens is 2. The van der Waals surface area contributed by atoms with Crippen LogP contribution in [-0.4, -0.2) is 35.3 Å². The number of thiophene rings is 1. The Kier molecular flexibility index (Phi) is 3.57. The molecular weight excluding hydrogens is 294 g/mol. The molecule has 0 saturated carbocycles. The van der Waals surface area contributed by atoms with E-state index in [9.17, 15) is 0 Å². The van der Waals surface area contributed by atoms with Crippen molar-refractivity contribution in [2.75, 3.05) is 18.0 Å². The van der Waals surface area contributed by atoms with Gasteiger partial charge in [0.1, 0.15) is 17.0 Å². The molecule has 0 radical (unpaired) electrons. The Bertz CT molecular complexity index is 689. The Morgan fingerprint density at radius 3 is 2.73 bits per heavy atom. The van der Waals surface area contributed by atoms with Gasteiger partial charge < -0.3 is 9.64 Å². The Balaban J connectivity index is 1.81. The third-order valence-corrected chi connectivity index (χ3v) is 5.95. The number of ether oxygens (including phenoxy) is 1. The van der Waals surface area contributed by atoms with E-state index in [0.29, 0.717) is 0 Å². The first-order chi connectivity index (χ1) is 10.6. The fraction of sp³-hybridized carbons (Fsp3) is 0.647. The van der Waals surface area contributed by atoms with Crippen LogP contribution >= 0.6 is 11.3 Å². The van der Waals surface area contributed by atoms with Crippen LogP contribution in [0.25, 0.3) is 10.2 Å². The minimum atomic E-state index is 0.253. The molecule has 2 aromatic heterocycles. The van der Waals surface area contributed by atoms with Crippen LogP contribution in [0.2, 0.25) is 0 Å². The van der Waals surface area contributed by atoms with Gasteiger partial charge in [-0.2, -0.15) is 0 Å². The van der Waals surface area contributed by atoms with Crippen molar-refractivity contribution in [2.24, 2.45) is 5.92 Å². The van der Waals surface area contributed by atoms with Crippen molar-refractivity contribution in [2.45, 2.75) is 52.2 Å². The first-order valence-electron chi connectivity index (χ1n) is 8.27. The fourth-order valence-corrected chi connectivity index (χ4v) is 5.19. The quantitative estimate of drug-likeness (QED) is 0.808. The maximum atomic E-state index is 5.88. The monoisotopic (exact) mass is 317 g/mol. The third-order valence-electron chi connectivity index (χ3n) is 4.79. The molecule has 4 rings (SSSR count). The van der Waals surface area contributed by atoms with Crippen molar-refractivity contribution in [1.82, 2.24) is 9.97 Å². The van der Waals surface area contributed by atoms with E-state index < -0.39 is 0 Å². The lowest BCUT2D eigenvalue weighted by atomic mass is 9.89. The molecule has 2 aliphatic rings. The number of aryl methyl sites for hydroxylation is 1. The van der Waals surface area contributed by atoms with E-state index in [2.05, 4.69) is 35.6 Å². The van der Waals surface area contributed by atoms with Gasteiger partial charge in [-0.25, -0.2) is 9.97 Å². The molecule has 4 nitrogen and oxygen atoms in total. The van der Waals surface area contributed by atoms with Crippen molar-refractivity contribution in [3.8, 4) is 0 Å². The number of anilines is 1. The molecule has 0 aromatic carbocycles. The molecular formula is C17H23N3OS. The van der Waals surface area contributed by atoms with E-state index >= 15 is 0 Å². The van der Waals surface area contributed by atoms with Gasteiger partial charge in [0.15, 0.2) is 0 Å². The maximum Gasteiger partial charge on any atom is 0.141 e. The first-order valence-corrected chi connectivity index (χ1v) is 9.09. The minimum Gasteiger partial charge on any atom is -0.372 e. The lowest BCUT2D eigenvalue weighted by Crippen LogP contribution is -2.46. The summed E-state index contributed by atoms with van der Waals surface area (Å²) in [6, 6.07) is 0. The van der Waals surface area contributed by atoms with Crippen molar-refractivity contribution >= 4 is 27.4 Å². The summed E-state index contributed by atoms with van der Waals surface area (Å²) in [6.45, 7) is 8.47. The zero-order valence-corrected chi connectivity index (χ0v) is 14.3. The molecule has 1 aliphatic carbocycles. The zero-order chi connectivity index (χ0) is 15.3. The summed E-state index contributed by atoms with van der Waals surface area (Å²) in [4.78, 5) is 14.3. The molecule has 22 heavy (non-hydrogen) atoms. The Morgan fingerprint density at radius 2 is 1.95 bits per heavy atom.